The highest BCUT2D eigenvalue weighted by molar-refractivity contribution is 5.92. The van der Waals surface area contributed by atoms with Gasteiger partial charge in [0, 0.05) is 6.07 Å². The molecule has 3 aromatic carbocycles. The lowest BCUT2D eigenvalue weighted by Gasteiger charge is -2.10. The van der Waals surface area contributed by atoms with Crippen molar-refractivity contribution in [3.05, 3.63) is 76.6 Å². The Hall–Kier alpha value is -4.46. The van der Waals surface area contributed by atoms with Crippen LogP contribution in [-0.4, -0.2) is 34.4 Å². The van der Waals surface area contributed by atoms with Gasteiger partial charge in [0.25, 0.3) is 0 Å². The quantitative estimate of drug-likeness (QED) is 0.288. The number of ether oxygens (including phenoxy) is 5. The Balaban J connectivity index is 1.63. The van der Waals surface area contributed by atoms with Crippen LogP contribution in [0.5, 0.6) is 28.7 Å². The summed E-state index contributed by atoms with van der Waals surface area (Å²) < 4.78 is 32.1. The maximum Gasteiger partial charge on any atom is 0.343 e. The fourth-order valence-corrected chi connectivity index (χ4v) is 3.50. The van der Waals surface area contributed by atoms with Crippen molar-refractivity contribution in [2.24, 2.45) is 0 Å². The fourth-order valence-electron chi connectivity index (χ4n) is 3.50. The minimum absolute atomic E-state index is 0.230. The minimum Gasteiger partial charge on any atom is -0.493 e. The molecule has 0 unspecified atom stereocenters. The third-order valence-electron chi connectivity index (χ3n) is 5.27. The van der Waals surface area contributed by atoms with Crippen molar-refractivity contribution in [2.75, 3.05) is 28.4 Å². The number of hydrogen-bond acceptors (Lipinski definition) is 8. The van der Waals surface area contributed by atoms with Gasteiger partial charge in [0.05, 0.1) is 45.0 Å². The van der Waals surface area contributed by atoms with E-state index < -0.39 is 5.97 Å². The number of benzene rings is 3. The summed E-state index contributed by atoms with van der Waals surface area (Å²) in [5, 5.41) is 0.346. The highest BCUT2D eigenvalue weighted by atomic mass is 16.5. The van der Waals surface area contributed by atoms with E-state index in [1.165, 1.54) is 52.9 Å². The number of carbonyl (C=O) groups is 1. The van der Waals surface area contributed by atoms with Crippen molar-refractivity contribution in [1.82, 2.24) is 0 Å². The van der Waals surface area contributed by atoms with Crippen LogP contribution in [0.3, 0.4) is 0 Å². The Morgan fingerprint density at radius 2 is 1.38 bits per heavy atom. The Bertz CT molecular complexity index is 1420. The number of carbonyl (C=O) groups excluding carboxylic acids is 1. The normalized spacial score (nSPS) is 10.6. The Labute approximate surface area is 195 Å². The zero-order chi connectivity index (χ0) is 24.2. The first-order chi connectivity index (χ1) is 16.5. The molecule has 174 valence electrons. The summed E-state index contributed by atoms with van der Waals surface area (Å²) in [5.74, 6) is 1.59. The molecular weight excluding hydrogens is 440 g/mol. The van der Waals surface area contributed by atoms with E-state index in [1.54, 1.807) is 36.4 Å². The van der Waals surface area contributed by atoms with Crippen molar-refractivity contribution in [3.63, 3.8) is 0 Å². The van der Waals surface area contributed by atoms with E-state index in [1.807, 2.05) is 0 Å². The molecule has 0 atom stereocenters. The monoisotopic (exact) mass is 462 g/mol. The second-order valence-corrected chi connectivity index (χ2v) is 7.17. The largest absolute Gasteiger partial charge is 0.493 e. The van der Waals surface area contributed by atoms with Gasteiger partial charge in [-0.1, -0.05) is 6.07 Å². The van der Waals surface area contributed by atoms with Crippen molar-refractivity contribution in [3.8, 4) is 39.9 Å². The van der Waals surface area contributed by atoms with E-state index in [4.69, 9.17) is 28.1 Å². The topological polar surface area (TPSA) is 93.4 Å². The standard InChI is InChI=1S/C26H22O8/c1-29-20-9-5-15(11-23(20)31-3)19-14-33-22-13-17(7-8-18(22)25(19)27)34-26(28)16-6-10-21(30-2)24(12-16)32-4/h5-14H,1-4H3. The highest BCUT2D eigenvalue weighted by Gasteiger charge is 2.16. The van der Waals surface area contributed by atoms with Gasteiger partial charge in [-0.25, -0.2) is 4.79 Å². The van der Waals surface area contributed by atoms with Crippen LogP contribution in [0, 0.1) is 0 Å². The molecule has 4 aromatic rings. The fraction of sp³-hybridized carbons (Fsp3) is 0.154. The molecule has 1 aromatic heterocycles. The van der Waals surface area contributed by atoms with Crippen LogP contribution in [0.25, 0.3) is 22.1 Å². The van der Waals surface area contributed by atoms with Crippen LogP contribution in [-0.2, 0) is 0 Å². The molecule has 0 radical (unpaired) electrons. The predicted molar refractivity (Wildman–Crippen MR) is 126 cm³/mol. The second kappa shape index (κ2) is 9.58. The molecule has 0 aliphatic carbocycles. The third kappa shape index (κ3) is 4.25. The van der Waals surface area contributed by atoms with Crippen LogP contribution < -0.4 is 29.1 Å². The maximum atomic E-state index is 13.1. The maximum absolute atomic E-state index is 13.1. The summed E-state index contributed by atoms with van der Waals surface area (Å²) in [7, 11) is 6.05. The van der Waals surface area contributed by atoms with Crippen LogP contribution in [0.2, 0.25) is 0 Å². The average Bonchev–Trinajstić information content (AvgIpc) is 2.88. The SMILES string of the molecule is COc1ccc(C(=O)Oc2ccc3c(=O)c(-c4ccc(OC)c(OC)c4)coc3c2)cc1OC. The summed E-state index contributed by atoms with van der Waals surface area (Å²) in [6.45, 7) is 0. The lowest BCUT2D eigenvalue weighted by molar-refractivity contribution is 0.0734. The Morgan fingerprint density at radius 3 is 2.06 bits per heavy atom. The number of esters is 1. The first-order valence-corrected chi connectivity index (χ1v) is 10.2. The molecule has 8 nitrogen and oxygen atoms in total. The van der Waals surface area contributed by atoms with E-state index in [0.29, 0.717) is 39.5 Å². The molecule has 8 heteroatoms. The van der Waals surface area contributed by atoms with Gasteiger partial charge in [-0.3, -0.25) is 4.79 Å². The zero-order valence-corrected chi connectivity index (χ0v) is 19.0. The van der Waals surface area contributed by atoms with Gasteiger partial charge < -0.3 is 28.1 Å². The van der Waals surface area contributed by atoms with Gasteiger partial charge in [0.2, 0.25) is 0 Å². The highest BCUT2D eigenvalue weighted by Crippen LogP contribution is 2.32. The number of fused-ring (bicyclic) bond motifs is 1. The Morgan fingerprint density at radius 1 is 0.735 bits per heavy atom. The van der Waals surface area contributed by atoms with Gasteiger partial charge in [0.15, 0.2) is 28.4 Å². The minimum atomic E-state index is -0.593. The second-order valence-electron chi connectivity index (χ2n) is 7.17. The third-order valence-corrected chi connectivity index (χ3v) is 5.27. The molecule has 0 saturated heterocycles. The van der Waals surface area contributed by atoms with Crippen LogP contribution >= 0.6 is 0 Å². The molecular formula is C26H22O8. The number of rotatable bonds is 7. The van der Waals surface area contributed by atoms with E-state index in [2.05, 4.69) is 0 Å². The molecule has 0 aliphatic heterocycles. The lowest BCUT2D eigenvalue weighted by Crippen LogP contribution is -2.09. The first-order valence-electron chi connectivity index (χ1n) is 10.2. The van der Waals surface area contributed by atoms with E-state index in [9.17, 15) is 9.59 Å². The summed E-state index contributed by atoms with van der Waals surface area (Å²) in [6, 6.07) is 14.5. The van der Waals surface area contributed by atoms with Gasteiger partial charge in [0.1, 0.15) is 17.6 Å². The molecule has 0 amide bonds. The van der Waals surface area contributed by atoms with Crippen molar-refractivity contribution < 1.29 is 32.9 Å². The molecule has 0 N–H and O–H groups in total. The van der Waals surface area contributed by atoms with E-state index in [0.717, 1.165) is 0 Å². The van der Waals surface area contributed by atoms with Gasteiger partial charge >= 0.3 is 5.97 Å². The van der Waals surface area contributed by atoms with Crippen molar-refractivity contribution >= 4 is 16.9 Å². The van der Waals surface area contributed by atoms with Crippen molar-refractivity contribution in [2.45, 2.75) is 0 Å². The van der Waals surface area contributed by atoms with E-state index >= 15 is 0 Å². The summed E-state index contributed by atoms with van der Waals surface area (Å²) in [6.07, 6.45) is 1.37. The van der Waals surface area contributed by atoms with Gasteiger partial charge in [-0.05, 0) is 48.0 Å². The van der Waals surface area contributed by atoms with Gasteiger partial charge in [-0.2, -0.15) is 0 Å². The van der Waals surface area contributed by atoms with Crippen LogP contribution in [0.4, 0.5) is 0 Å². The van der Waals surface area contributed by atoms with Crippen LogP contribution in [0.1, 0.15) is 10.4 Å². The van der Waals surface area contributed by atoms with Crippen LogP contribution in [0.15, 0.2) is 70.1 Å². The first kappa shape index (κ1) is 22.7. The molecule has 0 aliphatic rings. The Kier molecular flexibility index (Phi) is 6.40. The predicted octanol–water partition coefficient (Wildman–Crippen LogP) is 4.71. The number of hydrogen-bond donors (Lipinski definition) is 0. The molecule has 0 saturated carbocycles. The molecule has 0 bridgehead atoms. The molecule has 34 heavy (non-hydrogen) atoms. The number of methoxy groups -OCH3 is 4. The smallest absolute Gasteiger partial charge is 0.343 e. The summed E-state index contributed by atoms with van der Waals surface area (Å²) in [5.41, 5.74) is 1.32. The van der Waals surface area contributed by atoms with Gasteiger partial charge in [-0.15, -0.1) is 0 Å². The molecule has 4 rings (SSSR count). The summed E-state index contributed by atoms with van der Waals surface area (Å²) >= 11 is 0. The van der Waals surface area contributed by atoms with E-state index in [-0.39, 0.29) is 22.3 Å². The average molecular weight is 462 g/mol. The zero-order valence-electron chi connectivity index (χ0n) is 19.0. The lowest BCUT2D eigenvalue weighted by atomic mass is 10.0. The molecule has 1 heterocycles. The molecule has 0 fully saturated rings. The van der Waals surface area contributed by atoms with Crippen molar-refractivity contribution in [1.29, 1.82) is 0 Å². The summed E-state index contributed by atoms with van der Waals surface area (Å²) in [4.78, 5) is 25.7. The molecule has 0 spiro atoms.